The van der Waals surface area contributed by atoms with E-state index in [0.717, 1.165) is 12.8 Å². The summed E-state index contributed by atoms with van der Waals surface area (Å²) >= 11 is 0. The van der Waals surface area contributed by atoms with Crippen LogP contribution in [0, 0.1) is 17.8 Å². The first kappa shape index (κ1) is 11.6. The normalized spacial score (nSPS) is 31.6. The molecule has 0 aromatic carbocycles. The molecule has 1 aliphatic carbocycles. The average Bonchev–Trinajstić information content (AvgIpc) is 3.03. The number of imide groups is 1. The van der Waals surface area contributed by atoms with E-state index in [9.17, 15) is 9.59 Å². The molecule has 0 aromatic heterocycles. The van der Waals surface area contributed by atoms with Gasteiger partial charge < -0.3 is 5.32 Å². The zero-order valence-corrected chi connectivity index (χ0v) is 10.2. The highest BCUT2D eigenvalue weighted by molar-refractivity contribution is 6.08. The molecule has 1 saturated carbocycles. The topological polar surface area (TPSA) is 49.4 Å². The minimum absolute atomic E-state index is 0.0296. The number of carbonyl (C=O) groups excluding carboxylic acids is 2. The van der Waals surface area contributed by atoms with E-state index in [0.29, 0.717) is 12.5 Å². The molecule has 16 heavy (non-hydrogen) atoms. The van der Waals surface area contributed by atoms with Crippen LogP contribution in [0.5, 0.6) is 0 Å². The largest absolute Gasteiger partial charge is 0.315 e. The fraction of sp³-hybridized carbons (Fsp3) is 0.833. The minimum Gasteiger partial charge on any atom is -0.315 e. The van der Waals surface area contributed by atoms with Gasteiger partial charge in [-0.25, -0.2) is 0 Å². The van der Waals surface area contributed by atoms with Gasteiger partial charge in [-0.1, -0.05) is 20.3 Å². The van der Waals surface area contributed by atoms with Gasteiger partial charge in [-0.05, 0) is 19.4 Å². The number of rotatable bonds is 5. The number of nitrogens with zero attached hydrogens (tertiary/aromatic N) is 1. The summed E-state index contributed by atoms with van der Waals surface area (Å²) in [5.74, 6) is 0.642. The average molecular weight is 224 g/mol. The van der Waals surface area contributed by atoms with Crippen LogP contribution in [0.2, 0.25) is 0 Å². The second-order valence-corrected chi connectivity index (χ2v) is 5.02. The highest BCUT2D eigenvalue weighted by Crippen LogP contribution is 2.47. The van der Waals surface area contributed by atoms with E-state index < -0.39 is 0 Å². The Balaban J connectivity index is 1.98. The number of likely N-dealkylation sites (N-methyl/N-ethyl adjacent to an activating group) is 1. The number of hydrogen-bond acceptors (Lipinski definition) is 3. The van der Waals surface area contributed by atoms with Gasteiger partial charge in [0.15, 0.2) is 0 Å². The molecule has 4 heteroatoms. The molecule has 1 saturated heterocycles. The van der Waals surface area contributed by atoms with Gasteiger partial charge >= 0.3 is 0 Å². The lowest BCUT2D eigenvalue weighted by atomic mass is 9.99. The molecule has 1 heterocycles. The van der Waals surface area contributed by atoms with Gasteiger partial charge in [-0.3, -0.25) is 14.5 Å². The Labute approximate surface area is 96.4 Å². The second kappa shape index (κ2) is 4.17. The molecule has 0 radical (unpaired) electrons. The zero-order valence-electron chi connectivity index (χ0n) is 10.2. The van der Waals surface area contributed by atoms with Crippen molar-refractivity contribution in [2.24, 2.45) is 17.8 Å². The maximum absolute atomic E-state index is 11.8. The van der Waals surface area contributed by atoms with Crippen LogP contribution >= 0.6 is 0 Å². The molecule has 2 amide bonds. The molecule has 2 fully saturated rings. The molecule has 1 N–H and O–H groups in total. The number of nitrogens with one attached hydrogen (secondary N) is 1. The van der Waals surface area contributed by atoms with Gasteiger partial charge in [-0.15, -0.1) is 0 Å². The lowest BCUT2D eigenvalue weighted by Gasteiger charge is -2.27. The fourth-order valence-corrected chi connectivity index (χ4v) is 2.47. The molecule has 0 bridgehead atoms. The number of amides is 2. The molecule has 1 aliphatic heterocycles. The fourth-order valence-electron chi connectivity index (χ4n) is 2.47. The van der Waals surface area contributed by atoms with E-state index in [1.54, 1.807) is 0 Å². The van der Waals surface area contributed by atoms with Gasteiger partial charge in [0.25, 0.3) is 0 Å². The summed E-state index contributed by atoms with van der Waals surface area (Å²) in [4.78, 5) is 25.1. The standard InChI is InChI=1S/C12H20N2O2/c1-4-7(2)10(13-3)6-14-11(15)8-5-9(8)12(14)16/h7-10,13H,4-6H2,1-3H3. The van der Waals surface area contributed by atoms with Crippen LogP contribution in [0.3, 0.4) is 0 Å². The molecule has 4 atom stereocenters. The first-order valence-electron chi connectivity index (χ1n) is 6.12. The van der Waals surface area contributed by atoms with Crippen LogP contribution in [0.1, 0.15) is 26.7 Å². The van der Waals surface area contributed by atoms with Crippen LogP contribution in [0.15, 0.2) is 0 Å². The summed E-state index contributed by atoms with van der Waals surface area (Å²) < 4.78 is 0. The Hall–Kier alpha value is -0.900. The Morgan fingerprint density at radius 1 is 1.38 bits per heavy atom. The van der Waals surface area contributed by atoms with Crippen LogP contribution in [-0.4, -0.2) is 36.3 Å². The number of likely N-dealkylation sites (tertiary alicyclic amines) is 1. The minimum atomic E-state index is 0.0296. The van der Waals surface area contributed by atoms with Crippen molar-refractivity contribution in [1.29, 1.82) is 0 Å². The molecule has 2 aliphatic rings. The third kappa shape index (κ3) is 1.75. The quantitative estimate of drug-likeness (QED) is 0.697. The molecule has 0 aromatic rings. The Bertz CT molecular complexity index is 296. The van der Waals surface area contributed by atoms with Gasteiger partial charge in [0.05, 0.1) is 11.8 Å². The lowest BCUT2D eigenvalue weighted by Crippen LogP contribution is -2.46. The number of hydrogen-bond donors (Lipinski definition) is 1. The summed E-state index contributed by atoms with van der Waals surface area (Å²) in [5, 5.41) is 3.20. The van der Waals surface area contributed by atoms with Gasteiger partial charge in [-0.2, -0.15) is 0 Å². The van der Waals surface area contributed by atoms with Crippen molar-refractivity contribution in [3.63, 3.8) is 0 Å². The molecule has 0 spiro atoms. The number of carbonyl (C=O) groups is 2. The Kier molecular flexibility index (Phi) is 3.02. The summed E-state index contributed by atoms with van der Waals surface area (Å²) in [7, 11) is 1.89. The van der Waals surface area contributed by atoms with Gasteiger partial charge in [0.1, 0.15) is 0 Å². The van der Waals surface area contributed by atoms with E-state index in [4.69, 9.17) is 0 Å². The van der Waals surface area contributed by atoms with E-state index in [2.05, 4.69) is 19.2 Å². The van der Waals surface area contributed by atoms with Crippen LogP contribution < -0.4 is 5.32 Å². The number of fused-ring (bicyclic) bond motifs is 1. The van der Waals surface area contributed by atoms with E-state index in [1.165, 1.54) is 4.90 Å². The van der Waals surface area contributed by atoms with E-state index >= 15 is 0 Å². The zero-order chi connectivity index (χ0) is 11.9. The molecule has 4 unspecified atom stereocenters. The summed E-state index contributed by atoms with van der Waals surface area (Å²) in [6, 6.07) is 0.218. The Morgan fingerprint density at radius 3 is 2.38 bits per heavy atom. The number of piperidine rings is 1. The smallest absolute Gasteiger partial charge is 0.233 e. The Morgan fingerprint density at radius 2 is 1.94 bits per heavy atom. The van der Waals surface area contributed by atoms with Gasteiger partial charge in [0.2, 0.25) is 11.8 Å². The van der Waals surface area contributed by atoms with Crippen molar-refractivity contribution in [2.75, 3.05) is 13.6 Å². The van der Waals surface area contributed by atoms with Crippen molar-refractivity contribution < 1.29 is 9.59 Å². The second-order valence-electron chi connectivity index (χ2n) is 5.02. The van der Waals surface area contributed by atoms with Crippen molar-refractivity contribution in [3.8, 4) is 0 Å². The molecule has 2 rings (SSSR count). The monoisotopic (exact) mass is 224 g/mol. The molecular weight excluding hydrogens is 204 g/mol. The summed E-state index contributed by atoms with van der Waals surface area (Å²) in [5.41, 5.74) is 0. The maximum Gasteiger partial charge on any atom is 0.233 e. The van der Waals surface area contributed by atoms with E-state index in [1.807, 2.05) is 7.05 Å². The SMILES string of the molecule is CCC(C)C(CN1C(=O)C2CC2C1=O)NC. The van der Waals surface area contributed by atoms with Crippen LogP contribution in [0.25, 0.3) is 0 Å². The third-order valence-electron chi connectivity index (χ3n) is 4.04. The van der Waals surface area contributed by atoms with Gasteiger partial charge in [0, 0.05) is 12.6 Å². The lowest BCUT2D eigenvalue weighted by molar-refractivity contribution is -0.141. The van der Waals surface area contributed by atoms with E-state index in [-0.39, 0.29) is 29.7 Å². The van der Waals surface area contributed by atoms with Crippen molar-refractivity contribution in [3.05, 3.63) is 0 Å². The molecule has 4 nitrogen and oxygen atoms in total. The third-order valence-corrected chi connectivity index (χ3v) is 4.04. The molecular formula is C12H20N2O2. The van der Waals surface area contributed by atoms with Crippen LogP contribution in [0.4, 0.5) is 0 Å². The highest BCUT2D eigenvalue weighted by atomic mass is 16.2. The van der Waals surface area contributed by atoms with Crippen molar-refractivity contribution in [1.82, 2.24) is 10.2 Å². The highest BCUT2D eigenvalue weighted by Gasteiger charge is 2.58. The molecule has 90 valence electrons. The first-order valence-corrected chi connectivity index (χ1v) is 6.12. The summed E-state index contributed by atoms with van der Waals surface area (Å²) in [6.45, 7) is 4.81. The van der Waals surface area contributed by atoms with Crippen molar-refractivity contribution in [2.45, 2.75) is 32.7 Å². The predicted octanol–water partition coefficient (Wildman–Crippen LogP) is 0.625. The van der Waals surface area contributed by atoms with Crippen molar-refractivity contribution >= 4 is 11.8 Å². The maximum atomic E-state index is 11.8. The van der Waals surface area contributed by atoms with Crippen LogP contribution in [-0.2, 0) is 9.59 Å². The predicted molar refractivity (Wildman–Crippen MR) is 60.6 cm³/mol. The summed E-state index contributed by atoms with van der Waals surface area (Å²) in [6.07, 6.45) is 1.84. The first-order chi connectivity index (χ1) is 7.60.